The zero-order valence-electron chi connectivity index (χ0n) is 15.7. The molecule has 0 radical (unpaired) electrons. The molecule has 1 heterocycles. The van der Waals surface area contributed by atoms with Gasteiger partial charge in [0, 0.05) is 10.6 Å². The minimum atomic E-state index is -3.77. The molecule has 2 aromatic rings. The Morgan fingerprint density at radius 1 is 1.25 bits per heavy atom. The third-order valence-corrected chi connectivity index (χ3v) is 8.57. The van der Waals surface area contributed by atoms with E-state index in [-0.39, 0.29) is 9.09 Å². The molecule has 28 heavy (non-hydrogen) atoms. The molecule has 0 unspecified atom stereocenters. The Morgan fingerprint density at radius 3 is 2.54 bits per heavy atom. The zero-order valence-corrected chi connectivity index (χ0v) is 17.3. The molecule has 4 rings (SSSR count). The second-order valence-corrected chi connectivity index (χ2v) is 10.8. The van der Waals surface area contributed by atoms with E-state index in [1.54, 1.807) is 0 Å². The number of nitrogens with zero attached hydrogens (tertiary/aromatic N) is 1. The van der Waals surface area contributed by atoms with Crippen LogP contribution in [0, 0.1) is 5.82 Å². The number of thiophene rings is 1. The molecule has 9 heteroatoms. The molecule has 4 N–H and O–H groups in total. The van der Waals surface area contributed by atoms with Gasteiger partial charge in [-0.3, -0.25) is 0 Å². The van der Waals surface area contributed by atoms with E-state index in [1.165, 1.54) is 25.0 Å². The molecular formula is C19H22FN3O3S2. The Morgan fingerprint density at radius 2 is 1.93 bits per heavy atom. The molecule has 2 aliphatic rings. The number of amides is 2. The first-order chi connectivity index (χ1) is 13.1. The van der Waals surface area contributed by atoms with Gasteiger partial charge in [-0.05, 0) is 74.3 Å². The summed E-state index contributed by atoms with van der Waals surface area (Å²) in [6, 6.07) is 2.44. The van der Waals surface area contributed by atoms with Crippen LogP contribution >= 0.6 is 11.3 Å². The molecule has 0 saturated carbocycles. The van der Waals surface area contributed by atoms with Crippen LogP contribution in [0.15, 0.2) is 20.7 Å². The molecule has 0 saturated heterocycles. The van der Waals surface area contributed by atoms with Gasteiger partial charge in [-0.15, -0.1) is 15.7 Å². The lowest BCUT2D eigenvalue weighted by Crippen LogP contribution is -2.21. The highest BCUT2D eigenvalue weighted by molar-refractivity contribution is 7.93. The third kappa shape index (κ3) is 3.36. The SMILES string of the molecule is CC(C)(O)c1cc(F)c([S@@](N)(=O)=NC(=O)Nc2c3c(cc4c2CC4)CCC3)s1. The maximum absolute atomic E-state index is 14.3. The molecule has 1 aromatic heterocycles. The number of aryl methyl sites for hydroxylation is 2. The van der Waals surface area contributed by atoms with Crippen molar-refractivity contribution < 1.29 is 18.5 Å². The number of benzene rings is 1. The van der Waals surface area contributed by atoms with Crippen LogP contribution in [0.4, 0.5) is 14.9 Å². The summed E-state index contributed by atoms with van der Waals surface area (Å²) in [6.45, 7) is 2.97. The summed E-state index contributed by atoms with van der Waals surface area (Å²) < 4.78 is 30.3. The van der Waals surface area contributed by atoms with Crippen LogP contribution in [0.3, 0.4) is 0 Å². The summed E-state index contributed by atoms with van der Waals surface area (Å²) >= 11 is 0.759. The van der Waals surface area contributed by atoms with Crippen LogP contribution in [0.1, 0.15) is 47.4 Å². The van der Waals surface area contributed by atoms with Crippen LogP contribution in [0.25, 0.3) is 0 Å². The lowest BCUT2D eigenvalue weighted by molar-refractivity contribution is 0.0823. The van der Waals surface area contributed by atoms with E-state index in [9.17, 15) is 18.5 Å². The molecule has 0 aliphatic heterocycles. The van der Waals surface area contributed by atoms with E-state index < -0.39 is 27.4 Å². The number of urea groups is 1. The second kappa shape index (κ2) is 6.62. The van der Waals surface area contributed by atoms with Crippen LogP contribution in [-0.4, -0.2) is 15.3 Å². The minimum Gasteiger partial charge on any atom is -0.385 e. The maximum atomic E-state index is 14.3. The number of nitrogens with two attached hydrogens (primary N) is 1. The Kier molecular flexibility index (Phi) is 4.61. The van der Waals surface area contributed by atoms with Gasteiger partial charge >= 0.3 is 6.03 Å². The largest absolute Gasteiger partial charge is 0.385 e. The molecule has 1 aromatic carbocycles. The van der Waals surface area contributed by atoms with Gasteiger partial charge in [-0.25, -0.2) is 18.5 Å². The molecule has 0 fully saturated rings. The Hall–Kier alpha value is -1.81. The average Bonchev–Trinajstić information content (AvgIpc) is 3.15. The number of hydrogen-bond donors (Lipinski definition) is 3. The van der Waals surface area contributed by atoms with E-state index in [2.05, 4.69) is 15.7 Å². The van der Waals surface area contributed by atoms with E-state index in [0.717, 1.165) is 66.3 Å². The molecule has 0 spiro atoms. The summed E-state index contributed by atoms with van der Waals surface area (Å²) in [5.41, 5.74) is 4.11. The number of carbonyl (C=O) groups excluding carboxylic acids is 1. The standard InChI is InChI=1S/C19H22FN3O3S2/c1-19(2,25)15-9-14(20)17(27-15)28(21,26)23-18(24)22-16-12-5-3-4-10(12)8-11-6-7-13(11)16/h8-9,25H,3-7H2,1-2H3,(H3,21,22,23,24,26)/t28-/m0/s1. The van der Waals surface area contributed by atoms with Gasteiger partial charge in [-0.2, -0.15) is 0 Å². The quantitative estimate of drug-likeness (QED) is 0.702. The normalized spacial score (nSPS) is 17.3. The maximum Gasteiger partial charge on any atom is 0.354 e. The van der Waals surface area contributed by atoms with Crippen molar-refractivity contribution in [1.82, 2.24) is 0 Å². The molecule has 150 valence electrons. The Bertz CT molecular complexity index is 1110. The molecule has 2 amide bonds. The molecule has 6 nitrogen and oxygen atoms in total. The fourth-order valence-electron chi connectivity index (χ4n) is 3.74. The summed E-state index contributed by atoms with van der Waals surface area (Å²) in [5.74, 6) is -0.837. The number of halogens is 1. The summed E-state index contributed by atoms with van der Waals surface area (Å²) in [7, 11) is -3.77. The van der Waals surface area contributed by atoms with Gasteiger partial charge in [0.1, 0.15) is 0 Å². The lowest BCUT2D eigenvalue weighted by Gasteiger charge is -2.25. The molecule has 1 atom stereocenters. The fraction of sp³-hybridized carbons (Fsp3) is 0.421. The number of fused-ring (bicyclic) bond motifs is 2. The van der Waals surface area contributed by atoms with Gasteiger partial charge in [0.15, 0.2) is 19.9 Å². The number of nitrogens with one attached hydrogen (secondary N) is 1. The van der Waals surface area contributed by atoms with Gasteiger partial charge < -0.3 is 10.4 Å². The van der Waals surface area contributed by atoms with Crippen LogP contribution in [0.5, 0.6) is 0 Å². The third-order valence-electron chi connectivity index (χ3n) is 5.22. The van der Waals surface area contributed by atoms with Crippen molar-refractivity contribution in [3.8, 4) is 0 Å². The van der Waals surface area contributed by atoms with E-state index >= 15 is 0 Å². The number of rotatable bonds is 3. The first-order valence-corrected chi connectivity index (χ1v) is 11.5. The number of aliphatic hydroxyl groups is 1. The van der Waals surface area contributed by atoms with Crippen molar-refractivity contribution >= 4 is 33.0 Å². The van der Waals surface area contributed by atoms with Crippen molar-refractivity contribution in [1.29, 1.82) is 0 Å². The highest BCUT2D eigenvalue weighted by atomic mass is 32.2. The number of anilines is 1. The van der Waals surface area contributed by atoms with Crippen molar-refractivity contribution in [2.75, 3.05) is 5.32 Å². The first-order valence-electron chi connectivity index (χ1n) is 9.11. The van der Waals surface area contributed by atoms with Crippen LogP contribution in [0.2, 0.25) is 0 Å². The Labute approximate surface area is 167 Å². The van der Waals surface area contributed by atoms with Gasteiger partial charge in [0.05, 0.1) is 5.60 Å². The van der Waals surface area contributed by atoms with E-state index in [1.807, 2.05) is 0 Å². The minimum absolute atomic E-state index is 0.260. The summed E-state index contributed by atoms with van der Waals surface area (Å²) in [6.07, 6.45) is 4.76. The molecule has 2 aliphatic carbocycles. The Balaban J connectivity index is 1.66. The van der Waals surface area contributed by atoms with Crippen LogP contribution in [-0.2, 0) is 41.2 Å². The molecule has 0 bridgehead atoms. The highest BCUT2D eigenvalue weighted by Crippen LogP contribution is 2.40. The predicted octanol–water partition coefficient (Wildman–Crippen LogP) is 3.63. The van der Waals surface area contributed by atoms with Crippen LogP contribution < -0.4 is 10.5 Å². The lowest BCUT2D eigenvalue weighted by atomic mass is 9.83. The predicted molar refractivity (Wildman–Crippen MR) is 107 cm³/mol. The van der Waals surface area contributed by atoms with Crippen molar-refractivity contribution in [3.63, 3.8) is 0 Å². The number of carbonyl (C=O) groups is 1. The summed E-state index contributed by atoms with van der Waals surface area (Å²) in [4.78, 5) is 12.8. The monoisotopic (exact) mass is 423 g/mol. The first kappa shape index (κ1) is 19.5. The van der Waals surface area contributed by atoms with E-state index in [0.29, 0.717) is 0 Å². The average molecular weight is 424 g/mol. The van der Waals surface area contributed by atoms with Crippen molar-refractivity contribution in [2.24, 2.45) is 9.50 Å². The van der Waals surface area contributed by atoms with Crippen molar-refractivity contribution in [3.05, 3.63) is 45.1 Å². The van der Waals surface area contributed by atoms with Gasteiger partial charge in [-0.1, -0.05) is 6.07 Å². The zero-order chi connectivity index (χ0) is 20.3. The molecular weight excluding hydrogens is 401 g/mol. The highest BCUT2D eigenvalue weighted by Gasteiger charge is 2.28. The van der Waals surface area contributed by atoms with Gasteiger partial charge in [0.2, 0.25) is 0 Å². The number of hydrogen-bond acceptors (Lipinski definition) is 4. The van der Waals surface area contributed by atoms with Crippen molar-refractivity contribution in [2.45, 2.75) is 55.8 Å². The second-order valence-electron chi connectivity index (χ2n) is 7.78. The summed E-state index contributed by atoms with van der Waals surface area (Å²) in [5, 5.41) is 18.5. The van der Waals surface area contributed by atoms with Gasteiger partial charge in [0.25, 0.3) is 0 Å². The fourth-order valence-corrected chi connectivity index (χ4v) is 6.08. The topological polar surface area (TPSA) is 105 Å². The van der Waals surface area contributed by atoms with E-state index in [4.69, 9.17) is 5.14 Å². The smallest absolute Gasteiger partial charge is 0.354 e.